The molecule has 1 aliphatic heterocycles. The first-order chi connectivity index (χ1) is 8.26. The Labute approximate surface area is 111 Å². The molecule has 0 unspecified atom stereocenters. The summed E-state index contributed by atoms with van der Waals surface area (Å²) in [4.78, 5) is 0. The van der Waals surface area contributed by atoms with Gasteiger partial charge in [0, 0.05) is 31.1 Å². The van der Waals surface area contributed by atoms with E-state index in [-0.39, 0.29) is 0 Å². The second-order valence-corrected chi connectivity index (χ2v) is 5.15. The standard InChI is InChI=1S/C13H26ClN3/c1-3-5-7-9-13-11-16(10-8-6-4-2)15-17(14)12-13/h12,15H,3-11H2,1-2H3. The maximum absolute atomic E-state index is 6.04. The molecule has 0 saturated carbocycles. The fourth-order valence-electron chi connectivity index (χ4n) is 2.07. The molecule has 0 aromatic heterocycles. The molecule has 0 spiro atoms. The van der Waals surface area contributed by atoms with Crippen LogP contribution in [-0.4, -0.2) is 22.6 Å². The fourth-order valence-corrected chi connectivity index (χ4v) is 2.32. The van der Waals surface area contributed by atoms with Crippen molar-refractivity contribution < 1.29 is 0 Å². The van der Waals surface area contributed by atoms with Gasteiger partial charge in [-0.25, -0.2) is 9.54 Å². The highest BCUT2D eigenvalue weighted by molar-refractivity contribution is 6.13. The Morgan fingerprint density at radius 3 is 2.59 bits per heavy atom. The van der Waals surface area contributed by atoms with Gasteiger partial charge in [-0.15, -0.1) is 0 Å². The zero-order valence-electron chi connectivity index (χ0n) is 11.2. The Bertz CT molecular complexity index is 231. The van der Waals surface area contributed by atoms with E-state index in [2.05, 4.69) is 24.4 Å². The van der Waals surface area contributed by atoms with Gasteiger partial charge >= 0.3 is 0 Å². The largest absolute Gasteiger partial charge is 0.221 e. The monoisotopic (exact) mass is 259 g/mol. The van der Waals surface area contributed by atoms with E-state index in [1.54, 1.807) is 4.53 Å². The smallest absolute Gasteiger partial charge is 0.0377 e. The molecule has 1 heterocycles. The van der Waals surface area contributed by atoms with Crippen molar-refractivity contribution in [1.29, 1.82) is 0 Å². The van der Waals surface area contributed by atoms with Crippen molar-refractivity contribution in [2.75, 3.05) is 13.1 Å². The van der Waals surface area contributed by atoms with E-state index in [1.165, 1.54) is 50.5 Å². The van der Waals surface area contributed by atoms with Crippen LogP contribution >= 0.6 is 11.8 Å². The lowest BCUT2D eigenvalue weighted by Crippen LogP contribution is -2.48. The van der Waals surface area contributed by atoms with Gasteiger partial charge in [0.25, 0.3) is 0 Å². The number of rotatable bonds is 8. The van der Waals surface area contributed by atoms with Gasteiger partial charge in [-0.2, -0.15) is 5.53 Å². The molecule has 0 aromatic rings. The van der Waals surface area contributed by atoms with Gasteiger partial charge in [0.2, 0.25) is 0 Å². The fraction of sp³-hybridized carbons (Fsp3) is 0.846. The minimum absolute atomic E-state index is 1.01. The molecule has 3 nitrogen and oxygen atoms in total. The second-order valence-electron chi connectivity index (χ2n) is 4.78. The van der Waals surface area contributed by atoms with Gasteiger partial charge in [-0.3, -0.25) is 0 Å². The quantitative estimate of drug-likeness (QED) is 0.528. The first-order valence-corrected chi connectivity index (χ1v) is 7.25. The number of nitrogens with zero attached hydrogens (tertiary/aromatic N) is 2. The Morgan fingerprint density at radius 1 is 1.18 bits per heavy atom. The average molecular weight is 260 g/mol. The molecule has 0 bridgehead atoms. The molecule has 0 aromatic carbocycles. The number of halogens is 1. The topological polar surface area (TPSA) is 18.5 Å². The van der Waals surface area contributed by atoms with Crippen LogP contribution in [0.2, 0.25) is 0 Å². The van der Waals surface area contributed by atoms with Gasteiger partial charge in [0.1, 0.15) is 0 Å². The lowest BCUT2D eigenvalue weighted by molar-refractivity contribution is 0.102. The third kappa shape index (κ3) is 6.29. The van der Waals surface area contributed by atoms with E-state index >= 15 is 0 Å². The van der Waals surface area contributed by atoms with Crippen LogP contribution in [-0.2, 0) is 0 Å². The van der Waals surface area contributed by atoms with E-state index in [0.29, 0.717) is 0 Å². The molecule has 0 aliphatic carbocycles. The molecule has 17 heavy (non-hydrogen) atoms. The molecular weight excluding hydrogens is 234 g/mol. The molecule has 4 heteroatoms. The van der Waals surface area contributed by atoms with E-state index in [9.17, 15) is 0 Å². The lowest BCUT2D eigenvalue weighted by atomic mass is 10.1. The van der Waals surface area contributed by atoms with Crippen LogP contribution in [0.4, 0.5) is 0 Å². The molecule has 1 aliphatic rings. The third-order valence-corrected chi connectivity index (χ3v) is 3.23. The van der Waals surface area contributed by atoms with Crippen LogP contribution in [0.25, 0.3) is 0 Å². The first kappa shape index (κ1) is 14.8. The minimum atomic E-state index is 1.01. The van der Waals surface area contributed by atoms with Crippen molar-refractivity contribution >= 4 is 11.8 Å². The number of hydrazine groups is 2. The van der Waals surface area contributed by atoms with E-state index in [1.807, 2.05) is 6.20 Å². The molecule has 100 valence electrons. The van der Waals surface area contributed by atoms with Crippen LogP contribution in [0, 0.1) is 0 Å². The van der Waals surface area contributed by atoms with Crippen LogP contribution < -0.4 is 5.53 Å². The highest BCUT2D eigenvalue weighted by Gasteiger charge is 2.15. The summed E-state index contributed by atoms with van der Waals surface area (Å²) in [7, 11) is 0. The Hall–Kier alpha value is -0.250. The van der Waals surface area contributed by atoms with Crippen molar-refractivity contribution in [3.8, 4) is 0 Å². The minimum Gasteiger partial charge on any atom is -0.221 e. The second kappa shape index (κ2) is 8.78. The zero-order valence-corrected chi connectivity index (χ0v) is 12.0. The van der Waals surface area contributed by atoms with Crippen LogP contribution in [0.3, 0.4) is 0 Å². The Balaban J connectivity index is 2.29. The predicted molar refractivity (Wildman–Crippen MR) is 74.2 cm³/mol. The molecule has 1 N–H and O–H groups in total. The maximum atomic E-state index is 6.04. The van der Waals surface area contributed by atoms with Crippen molar-refractivity contribution in [1.82, 2.24) is 15.1 Å². The van der Waals surface area contributed by atoms with Crippen LogP contribution in [0.5, 0.6) is 0 Å². The number of unbranched alkanes of at least 4 members (excludes halogenated alkanes) is 4. The van der Waals surface area contributed by atoms with Gasteiger partial charge in [-0.05, 0) is 24.8 Å². The predicted octanol–water partition coefficient (Wildman–Crippen LogP) is 3.83. The van der Waals surface area contributed by atoms with Crippen LogP contribution in [0.15, 0.2) is 11.8 Å². The molecule has 0 radical (unpaired) electrons. The van der Waals surface area contributed by atoms with Crippen molar-refractivity contribution in [3.63, 3.8) is 0 Å². The van der Waals surface area contributed by atoms with E-state index in [0.717, 1.165) is 13.1 Å². The third-order valence-electron chi connectivity index (χ3n) is 3.06. The van der Waals surface area contributed by atoms with Gasteiger partial charge in [0.15, 0.2) is 0 Å². The summed E-state index contributed by atoms with van der Waals surface area (Å²) in [5, 5.41) is 2.21. The summed E-state index contributed by atoms with van der Waals surface area (Å²) < 4.78 is 1.57. The first-order valence-electron chi connectivity index (χ1n) is 6.92. The number of hydrogen-bond acceptors (Lipinski definition) is 3. The average Bonchev–Trinajstić information content (AvgIpc) is 2.29. The molecule has 0 saturated heterocycles. The number of hydrogen-bond donors (Lipinski definition) is 1. The summed E-state index contributed by atoms with van der Waals surface area (Å²) in [6.07, 6.45) is 10.8. The molecule has 1 rings (SSSR count). The Morgan fingerprint density at radius 2 is 1.88 bits per heavy atom. The molecule has 0 fully saturated rings. The summed E-state index contributed by atoms with van der Waals surface area (Å²) >= 11 is 6.04. The molecule has 0 atom stereocenters. The van der Waals surface area contributed by atoms with Crippen molar-refractivity contribution in [2.24, 2.45) is 0 Å². The van der Waals surface area contributed by atoms with E-state index < -0.39 is 0 Å². The van der Waals surface area contributed by atoms with Gasteiger partial charge < -0.3 is 0 Å². The maximum Gasteiger partial charge on any atom is 0.0377 e. The molecular formula is C13H26ClN3. The summed E-state index contributed by atoms with van der Waals surface area (Å²) in [6, 6.07) is 0. The van der Waals surface area contributed by atoms with Crippen LogP contribution in [0.1, 0.15) is 58.8 Å². The van der Waals surface area contributed by atoms with Gasteiger partial charge in [-0.1, -0.05) is 39.5 Å². The lowest BCUT2D eigenvalue weighted by Gasteiger charge is -2.32. The summed E-state index contributed by atoms with van der Waals surface area (Å²) in [5.74, 6) is 0. The zero-order chi connectivity index (χ0) is 12.5. The Kier molecular flexibility index (Phi) is 7.65. The van der Waals surface area contributed by atoms with E-state index in [4.69, 9.17) is 11.8 Å². The van der Waals surface area contributed by atoms with Gasteiger partial charge in [0.05, 0.1) is 0 Å². The SMILES string of the molecule is CCCCCC1=CN(Cl)NN(CCCCC)C1. The summed E-state index contributed by atoms with van der Waals surface area (Å²) in [5.41, 5.74) is 4.59. The van der Waals surface area contributed by atoms with Crippen molar-refractivity contribution in [3.05, 3.63) is 11.8 Å². The normalized spacial score (nSPS) is 17.4. The highest BCUT2D eigenvalue weighted by Crippen LogP contribution is 2.16. The van der Waals surface area contributed by atoms with Crippen molar-refractivity contribution in [2.45, 2.75) is 58.8 Å². The number of nitrogens with one attached hydrogen (secondary N) is 1. The highest BCUT2D eigenvalue weighted by atomic mass is 35.5. The molecule has 0 amide bonds. The summed E-state index contributed by atoms with van der Waals surface area (Å²) in [6.45, 7) is 6.55.